The van der Waals surface area contributed by atoms with Gasteiger partial charge in [-0.05, 0) is 65.7 Å². The molecule has 0 heterocycles. The van der Waals surface area contributed by atoms with Gasteiger partial charge in [0, 0.05) is 16.0 Å². The fourth-order valence-corrected chi connectivity index (χ4v) is 2.35. The Morgan fingerprint density at radius 1 is 1.15 bits per heavy atom. The molecule has 0 aliphatic heterocycles. The molecule has 2 nitrogen and oxygen atoms in total. The number of ether oxygens (including phenoxy) is 1. The summed E-state index contributed by atoms with van der Waals surface area (Å²) in [6.07, 6.45) is 0.196. The maximum atomic E-state index is 5.99. The van der Waals surface area contributed by atoms with Crippen LogP contribution in [0.4, 0.5) is 5.69 Å². The molecule has 0 aliphatic rings. The maximum absolute atomic E-state index is 5.99. The average Bonchev–Trinajstić information content (AvgIpc) is 2.41. The first-order chi connectivity index (χ1) is 9.54. The number of hydrogen-bond acceptors (Lipinski definition) is 2. The molecule has 0 amide bonds. The lowest BCUT2D eigenvalue weighted by atomic mass is 10.2. The fraction of sp³-hybridized carbons (Fsp3) is 0.250. The SMILES string of the molecule is CC(C)Oc1ccc(CNc2cc(Cl)ccc2Br)cc1. The summed E-state index contributed by atoms with van der Waals surface area (Å²) in [5.41, 5.74) is 2.17. The molecular formula is C16H17BrClNO. The van der Waals surface area contributed by atoms with E-state index in [1.54, 1.807) is 0 Å². The summed E-state index contributed by atoms with van der Waals surface area (Å²) in [6.45, 7) is 4.78. The first-order valence-electron chi connectivity index (χ1n) is 6.49. The van der Waals surface area contributed by atoms with E-state index in [-0.39, 0.29) is 6.10 Å². The normalized spacial score (nSPS) is 10.7. The van der Waals surface area contributed by atoms with Crippen molar-refractivity contribution in [3.05, 3.63) is 57.5 Å². The zero-order chi connectivity index (χ0) is 14.5. The molecule has 1 N–H and O–H groups in total. The van der Waals surface area contributed by atoms with Gasteiger partial charge in [-0.15, -0.1) is 0 Å². The van der Waals surface area contributed by atoms with Crippen molar-refractivity contribution in [3.8, 4) is 5.75 Å². The van der Waals surface area contributed by atoms with Crippen LogP contribution in [0.2, 0.25) is 5.02 Å². The van der Waals surface area contributed by atoms with Crippen LogP contribution in [0.15, 0.2) is 46.9 Å². The van der Waals surface area contributed by atoms with E-state index >= 15 is 0 Å². The molecule has 0 spiro atoms. The van der Waals surface area contributed by atoms with Gasteiger partial charge in [-0.2, -0.15) is 0 Å². The number of rotatable bonds is 5. The summed E-state index contributed by atoms with van der Waals surface area (Å²) in [6, 6.07) is 13.8. The van der Waals surface area contributed by atoms with Crippen molar-refractivity contribution >= 4 is 33.2 Å². The van der Waals surface area contributed by atoms with Crippen molar-refractivity contribution < 1.29 is 4.74 Å². The highest BCUT2D eigenvalue weighted by atomic mass is 79.9. The smallest absolute Gasteiger partial charge is 0.119 e. The molecule has 0 saturated carbocycles. The molecule has 2 aromatic carbocycles. The quantitative estimate of drug-likeness (QED) is 0.765. The third-order valence-electron chi connectivity index (χ3n) is 2.71. The Morgan fingerprint density at radius 3 is 2.50 bits per heavy atom. The van der Waals surface area contributed by atoms with Gasteiger partial charge in [-0.25, -0.2) is 0 Å². The van der Waals surface area contributed by atoms with Gasteiger partial charge in [0.05, 0.1) is 11.8 Å². The highest BCUT2D eigenvalue weighted by Gasteiger charge is 2.02. The van der Waals surface area contributed by atoms with Crippen molar-refractivity contribution in [2.24, 2.45) is 0 Å². The Morgan fingerprint density at radius 2 is 1.85 bits per heavy atom. The Hall–Kier alpha value is -1.19. The summed E-state index contributed by atoms with van der Waals surface area (Å²) >= 11 is 9.49. The Bertz CT molecular complexity index is 569. The van der Waals surface area contributed by atoms with Crippen molar-refractivity contribution in [2.45, 2.75) is 26.5 Å². The highest BCUT2D eigenvalue weighted by molar-refractivity contribution is 9.10. The van der Waals surface area contributed by atoms with Crippen LogP contribution in [0.3, 0.4) is 0 Å². The van der Waals surface area contributed by atoms with Gasteiger partial charge in [-0.3, -0.25) is 0 Å². The predicted molar refractivity (Wildman–Crippen MR) is 88.7 cm³/mol. The molecular weight excluding hydrogens is 338 g/mol. The van der Waals surface area contributed by atoms with Gasteiger partial charge in [0.25, 0.3) is 0 Å². The van der Waals surface area contributed by atoms with Crippen LogP contribution in [0, 0.1) is 0 Å². The van der Waals surface area contributed by atoms with E-state index in [2.05, 4.69) is 33.4 Å². The zero-order valence-corrected chi connectivity index (χ0v) is 13.8. The molecule has 4 heteroatoms. The number of nitrogens with one attached hydrogen (secondary N) is 1. The Balaban J connectivity index is 1.98. The highest BCUT2D eigenvalue weighted by Crippen LogP contribution is 2.26. The summed E-state index contributed by atoms with van der Waals surface area (Å²) in [7, 11) is 0. The van der Waals surface area contributed by atoms with E-state index < -0.39 is 0 Å². The van der Waals surface area contributed by atoms with Gasteiger partial charge >= 0.3 is 0 Å². The van der Waals surface area contributed by atoms with Crippen LogP contribution in [0.1, 0.15) is 19.4 Å². The van der Waals surface area contributed by atoms with Gasteiger partial charge in [0.15, 0.2) is 0 Å². The molecule has 0 radical (unpaired) electrons. The molecule has 0 atom stereocenters. The zero-order valence-electron chi connectivity index (χ0n) is 11.5. The van der Waals surface area contributed by atoms with E-state index in [0.717, 1.165) is 27.5 Å². The molecule has 2 rings (SSSR count). The van der Waals surface area contributed by atoms with E-state index in [9.17, 15) is 0 Å². The number of halogens is 2. The fourth-order valence-electron chi connectivity index (χ4n) is 1.79. The summed E-state index contributed by atoms with van der Waals surface area (Å²) in [5, 5.41) is 4.08. The monoisotopic (exact) mass is 353 g/mol. The first-order valence-corrected chi connectivity index (χ1v) is 7.66. The first kappa shape index (κ1) is 15.2. The molecule has 2 aromatic rings. The molecule has 0 bridgehead atoms. The second-order valence-corrected chi connectivity index (χ2v) is 6.08. The standard InChI is InChI=1S/C16H17BrClNO/c1-11(2)20-14-6-3-12(4-7-14)10-19-16-9-13(18)5-8-15(16)17/h3-9,11,19H,10H2,1-2H3. The van der Waals surface area contributed by atoms with Crippen LogP contribution in [0.25, 0.3) is 0 Å². The predicted octanol–water partition coefficient (Wildman–Crippen LogP) is 5.50. The molecule has 0 fully saturated rings. The van der Waals surface area contributed by atoms with Crippen LogP contribution in [-0.4, -0.2) is 6.10 Å². The number of benzene rings is 2. The van der Waals surface area contributed by atoms with Gasteiger partial charge in [0.2, 0.25) is 0 Å². The average molecular weight is 355 g/mol. The van der Waals surface area contributed by atoms with E-state index in [1.807, 2.05) is 44.2 Å². The third kappa shape index (κ3) is 4.43. The lowest BCUT2D eigenvalue weighted by Gasteiger charge is -2.11. The van der Waals surface area contributed by atoms with Crippen LogP contribution < -0.4 is 10.1 Å². The number of hydrogen-bond donors (Lipinski definition) is 1. The van der Waals surface area contributed by atoms with Crippen molar-refractivity contribution in [1.82, 2.24) is 0 Å². The summed E-state index contributed by atoms with van der Waals surface area (Å²) in [5.74, 6) is 0.896. The Kier molecular flexibility index (Phi) is 5.32. The molecule has 0 unspecified atom stereocenters. The second-order valence-electron chi connectivity index (χ2n) is 4.79. The lowest BCUT2D eigenvalue weighted by molar-refractivity contribution is 0.242. The van der Waals surface area contributed by atoms with Crippen LogP contribution >= 0.6 is 27.5 Å². The topological polar surface area (TPSA) is 21.3 Å². The second kappa shape index (κ2) is 7.00. The lowest BCUT2D eigenvalue weighted by Crippen LogP contribution is -2.05. The minimum absolute atomic E-state index is 0.196. The maximum Gasteiger partial charge on any atom is 0.119 e. The Labute approximate surface area is 133 Å². The third-order valence-corrected chi connectivity index (χ3v) is 3.63. The van der Waals surface area contributed by atoms with Gasteiger partial charge in [0.1, 0.15) is 5.75 Å². The molecule has 106 valence electrons. The van der Waals surface area contributed by atoms with Gasteiger partial charge < -0.3 is 10.1 Å². The minimum atomic E-state index is 0.196. The summed E-state index contributed by atoms with van der Waals surface area (Å²) < 4.78 is 6.62. The summed E-state index contributed by atoms with van der Waals surface area (Å²) in [4.78, 5) is 0. The largest absolute Gasteiger partial charge is 0.491 e. The molecule has 20 heavy (non-hydrogen) atoms. The number of anilines is 1. The van der Waals surface area contributed by atoms with Crippen molar-refractivity contribution in [2.75, 3.05) is 5.32 Å². The van der Waals surface area contributed by atoms with Crippen molar-refractivity contribution in [3.63, 3.8) is 0 Å². The van der Waals surface area contributed by atoms with E-state index in [4.69, 9.17) is 16.3 Å². The molecule has 0 aromatic heterocycles. The minimum Gasteiger partial charge on any atom is -0.491 e. The molecule has 0 aliphatic carbocycles. The van der Waals surface area contributed by atoms with Crippen LogP contribution in [0.5, 0.6) is 5.75 Å². The van der Waals surface area contributed by atoms with E-state index in [0.29, 0.717) is 0 Å². The van der Waals surface area contributed by atoms with Gasteiger partial charge in [-0.1, -0.05) is 23.7 Å². The molecule has 0 saturated heterocycles. The van der Waals surface area contributed by atoms with E-state index in [1.165, 1.54) is 5.56 Å². The van der Waals surface area contributed by atoms with Crippen LogP contribution in [-0.2, 0) is 6.54 Å². The van der Waals surface area contributed by atoms with Crippen molar-refractivity contribution in [1.29, 1.82) is 0 Å².